The number of anilines is 1. The van der Waals surface area contributed by atoms with Crippen molar-refractivity contribution in [3.63, 3.8) is 0 Å². The number of aryl methyl sites for hydroxylation is 1. The van der Waals surface area contributed by atoms with Gasteiger partial charge in [-0.25, -0.2) is 4.98 Å². The second-order valence-corrected chi connectivity index (χ2v) is 7.33. The Labute approximate surface area is 153 Å². The molecule has 1 aliphatic rings. The highest BCUT2D eigenvalue weighted by atomic mass is 32.1. The van der Waals surface area contributed by atoms with Crippen molar-refractivity contribution in [1.82, 2.24) is 19.9 Å². The second-order valence-electron chi connectivity index (χ2n) is 6.40. The Morgan fingerprint density at radius 2 is 2.38 bits per heavy atom. The molecule has 9 heteroatoms. The number of nitrogens with zero attached hydrogens (tertiary/aromatic N) is 4. The standard InChI is InChI=1S/C17H19N5O3S/c1-11-8-14(23)22-16(19-11)26-17(20-22)21-6-2-4-12(10-21)15(24)18-9-13-5-3-7-25-13/h3,5,7-8,12H,2,4,6,9-10H2,1H3,(H,18,24)/t12-/m0/s1. The van der Waals surface area contributed by atoms with Crippen LogP contribution >= 0.6 is 11.3 Å². The molecule has 1 aliphatic heterocycles. The topological polar surface area (TPSA) is 92.7 Å². The average Bonchev–Trinajstić information content (AvgIpc) is 3.29. The Balaban J connectivity index is 1.47. The minimum absolute atomic E-state index is 0.0124. The van der Waals surface area contributed by atoms with E-state index in [0.717, 1.165) is 30.3 Å². The lowest BCUT2D eigenvalue weighted by molar-refractivity contribution is -0.125. The van der Waals surface area contributed by atoms with Crippen LogP contribution in [0.5, 0.6) is 0 Å². The lowest BCUT2D eigenvalue weighted by atomic mass is 9.97. The van der Waals surface area contributed by atoms with Gasteiger partial charge >= 0.3 is 0 Å². The van der Waals surface area contributed by atoms with Gasteiger partial charge in [0, 0.05) is 24.8 Å². The third kappa shape index (κ3) is 3.34. The van der Waals surface area contributed by atoms with Gasteiger partial charge in [-0.3, -0.25) is 9.59 Å². The fourth-order valence-corrected chi connectivity index (χ4v) is 4.12. The van der Waals surface area contributed by atoms with E-state index in [9.17, 15) is 9.59 Å². The van der Waals surface area contributed by atoms with Crippen LogP contribution < -0.4 is 15.8 Å². The molecule has 4 heterocycles. The molecule has 0 bridgehead atoms. The first-order valence-corrected chi connectivity index (χ1v) is 9.34. The summed E-state index contributed by atoms with van der Waals surface area (Å²) in [6.45, 7) is 3.58. The molecule has 3 aromatic heterocycles. The van der Waals surface area contributed by atoms with Gasteiger partial charge in [-0.1, -0.05) is 11.3 Å². The third-order valence-electron chi connectivity index (χ3n) is 4.44. The maximum atomic E-state index is 12.5. The van der Waals surface area contributed by atoms with Crippen molar-refractivity contribution in [2.75, 3.05) is 18.0 Å². The Morgan fingerprint density at radius 3 is 3.19 bits per heavy atom. The predicted molar refractivity (Wildman–Crippen MR) is 97.4 cm³/mol. The zero-order valence-electron chi connectivity index (χ0n) is 14.3. The molecule has 4 rings (SSSR count). The zero-order valence-corrected chi connectivity index (χ0v) is 15.2. The fourth-order valence-electron chi connectivity index (χ4n) is 3.13. The Hall–Kier alpha value is -2.68. The van der Waals surface area contributed by atoms with Crippen LogP contribution in [0.3, 0.4) is 0 Å². The van der Waals surface area contributed by atoms with Gasteiger partial charge in [-0.05, 0) is 31.9 Å². The van der Waals surface area contributed by atoms with E-state index in [1.807, 2.05) is 6.07 Å². The van der Waals surface area contributed by atoms with Crippen molar-refractivity contribution in [3.8, 4) is 0 Å². The van der Waals surface area contributed by atoms with E-state index in [-0.39, 0.29) is 17.4 Å². The van der Waals surface area contributed by atoms with Crippen molar-refractivity contribution in [1.29, 1.82) is 0 Å². The molecule has 1 N–H and O–H groups in total. The summed E-state index contributed by atoms with van der Waals surface area (Å²) in [5.74, 6) is 0.633. The number of fused-ring (bicyclic) bond motifs is 1. The monoisotopic (exact) mass is 373 g/mol. The molecule has 3 aromatic rings. The van der Waals surface area contributed by atoms with E-state index in [4.69, 9.17) is 4.42 Å². The first kappa shape index (κ1) is 16.8. The molecule has 0 saturated carbocycles. The van der Waals surface area contributed by atoms with Crippen molar-refractivity contribution in [3.05, 3.63) is 46.3 Å². The van der Waals surface area contributed by atoms with Gasteiger partial charge in [-0.2, -0.15) is 4.52 Å². The largest absolute Gasteiger partial charge is 0.467 e. The summed E-state index contributed by atoms with van der Waals surface area (Å²) in [6.07, 6.45) is 3.33. The van der Waals surface area contributed by atoms with Crippen LogP contribution in [0.15, 0.2) is 33.7 Å². The van der Waals surface area contributed by atoms with Crippen LogP contribution in [0.2, 0.25) is 0 Å². The summed E-state index contributed by atoms with van der Waals surface area (Å²) in [4.78, 5) is 31.5. The van der Waals surface area contributed by atoms with Crippen molar-refractivity contribution >= 4 is 27.3 Å². The minimum Gasteiger partial charge on any atom is -0.467 e. The number of nitrogens with one attached hydrogen (secondary N) is 1. The normalized spacial score (nSPS) is 17.6. The number of piperidine rings is 1. The molecule has 26 heavy (non-hydrogen) atoms. The van der Waals surface area contributed by atoms with E-state index < -0.39 is 0 Å². The van der Waals surface area contributed by atoms with Crippen LogP contribution in [0.25, 0.3) is 4.96 Å². The highest BCUT2D eigenvalue weighted by Gasteiger charge is 2.28. The average molecular weight is 373 g/mol. The highest BCUT2D eigenvalue weighted by molar-refractivity contribution is 7.20. The number of hydrogen-bond donors (Lipinski definition) is 1. The number of carbonyl (C=O) groups excluding carboxylic acids is 1. The van der Waals surface area contributed by atoms with Gasteiger partial charge < -0.3 is 14.6 Å². The van der Waals surface area contributed by atoms with E-state index in [1.54, 1.807) is 19.3 Å². The number of furan rings is 1. The summed E-state index contributed by atoms with van der Waals surface area (Å²) < 4.78 is 6.57. The SMILES string of the molecule is Cc1cc(=O)n2nc(N3CCC[C@H](C(=O)NCc4ccco4)C3)sc2n1. The Kier molecular flexibility index (Phi) is 4.46. The molecule has 1 saturated heterocycles. The van der Waals surface area contributed by atoms with Gasteiger partial charge in [0.25, 0.3) is 5.56 Å². The van der Waals surface area contributed by atoms with Crippen LogP contribution in [0.4, 0.5) is 5.13 Å². The number of rotatable bonds is 4. The molecule has 0 unspecified atom stereocenters. The number of amides is 1. The molecule has 1 atom stereocenters. The van der Waals surface area contributed by atoms with Gasteiger partial charge in [0.15, 0.2) is 0 Å². The molecule has 0 spiro atoms. The molecular formula is C17H19N5O3S. The molecule has 0 aliphatic carbocycles. The summed E-state index contributed by atoms with van der Waals surface area (Å²) in [6, 6.07) is 5.10. The fraction of sp³-hybridized carbons (Fsp3) is 0.412. The van der Waals surface area contributed by atoms with E-state index in [2.05, 4.69) is 20.3 Å². The molecule has 1 fully saturated rings. The molecule has 136 valence electrons. The van der Waals surface area contributed by atoms with Crippen molar-refractivity contribution in [2.45, 2.75) is 26.3 Å². The summed E-state index contributed by atoms with van der Waals surface area (Å²) in [5.41, 5.74) is 0.499. The Morgan fingerprint density at radius 1 is 1.50 bits per heavy atom. The maximum Gasteiger partial charge on any atom is 0.275 e. The van der Waals surface area contributed by atoms with Gasteiger partial charge in [-0.15, -0.1) is 5.10 Å². The second kappa shape index (κ2) is 6.91. The van der Waals surface area contributed by atoms with Gasteiger partial charge in [0.05, 0.1) is 18.7 Å². The van der Waals surface area contributed by atoms with Gasteiger partial charge in [0.1, 0.15) is 5.76 Å². The van der Waals surface area contributed by atoms with E-state index in [0.29, 0.717) is 23.7 Å². The lowest BCUT2D eigenvalue weighted by Gasteiger charge is -2.31. The smallest absolute Gasteiger partial charge is 0.275 e. The zero-order chi connectivity index (χ0) is 18.1. The van der Waals surface area contributed by atoms with Crippen LogP contribution in [-0.2, 0) is 11.3 Å². The highest BCUT2D eigenvalue weighted by Crippen LogP contribution is 2.27. The predicted octanol–water partition coefficient (Wildman–Crippen LogP) is 1.59. The number of hydrogen-bond acceptors (Lipinski definition) is 7. The molecule has 8 nitrogen and oxygen atoms in total. The van der Waals surface area contributed by atoms with Crippen LogP contribution in [-0.4, -0.2) is 33.6 Å². The third-order valence-corrected chi connectivity index (χ3v) is 5.41. The van der Waals surface area contributed by atoms with Crippen molar-refractivity contribution < 1.29 is 9.21 Å². The van der Waals surface area contributed by atoms with Gasteiger partial charge in [0.2, 0.25) is 16.0 Å². The number of carbonyl (C=O) groups is 1. The number of aromatic nitrogens is 3. The molecular weight excluding hydrogens is 354 g/mol. The molecule has 0 aromatic carbocycles. The molecule has 0 radical (unpaired) electrons. The summed E-state index contributed by atoms with van der Waals surface area (Å²) in [7, 11) is 0. The van der Waals surface area contributed by atoms with Crippen LogP contribution in [0, 0.1) is 12.8 Å². The molecule has 1 amide bonds. The van der Waals surface area contributed by atoms with Crippen molar-refractivity contribution in [2.24, 2.45) is 5.92 Å². The Bertz CT molecular complexity index is 978. The summed E-state index contributed by atoms with van der Waals surface area (Å²) >= 11 is 1.38. The first-order valence-electron chi connectivity index (χ1n) is 8.53. The minimum atomic E-state index is -0.181. The van der Waals surface area contributed by atoms with E-state index in [1.165, 1.54) is 21.9 Å². The quantitative estimate of drug-likeness (QED) is 0.746. The summed E-state index contributed by atoms with van der Waals surface area (Å²) in [5, 5.41) is 8.05. The first-order chi connectivity index (χ1) is 12.6. The maximum absolute atomic E-state index is 12.5. The van der Waals surface area contributed by atoms with E-state index >= 15 is 0 Å². The van der Waals surface area contributed by atoms with Crippen LogP contribution in [0.1, 0.15) is 24.3 Å². The lowest BCUT2D eigenvalue weighted by Crippen LogP contribution is -2.43.